The first-order valence-corrected chi connectivity index (χ1v) is 5.87. The standard InChI is InChI=1S/C11H11N5O4/c12-1-5-7-10(14-3-13-5)16(4-15-7)11-9(19)8(18)6(2-17)20-11/h3-4,6,8-9,11,17-19H,2H2/t6-,8-,9-,11-/m1/s1. The molecular formula is C11H11N5O4. The van der Waals surface area contributed by atoms with Gasteiger partial charge in [-0.25, -0.2) is 15.0 Å². The summed E-state index contributed by atoms with van der Waals surface area (Å²) in [5.41, 5.74) is 0.708. The van der Waals surface area contributed by atoms with Crippen molar-refractivity contribution in [3.05, 3.63) is 18.3 Å². The Hall–Kier alpha value is -2.12. The number of fused-ring (bicyclic) bond motifs is 1. The third kappa shape index (κ3) is 1.75. The Bertz CT molecular complexity index is 681. The Labute approximate surface area is 112 Å². The molecular weight excluding hydrogens is 266 g/mol. The van der Waals surface area contributed by atoms with E-state index in [2.05, 4.69) is 15.0 Å². The van der Waals surface area contributed by atoms with Gasteiger partial charge < -0.3 is 20.1 Å². The Morgan fingerprint density at radius 3 is 2.75 bits per heavy atom. The molecule has 0 aliphatic carbocycles. The van der Waals surface area contributed by atoms with Gasteiger partial charge in [-0.15, -0.1) is 0 Å². The molecule has 2 aromatic rings. The van der Waals surface area contributed by atoms with Gasteiger partial charge in [-0.3, -0.25) is 4.57 Å². The number of aliphatic hydroxyl groups is 3. The maximum Gasteiger partial charge on any atom is 0.171 e. The molecule has 1 saturated heterocycles. The van der Waals surface area contributed by atoms with E-state index in [9.17, 15) is 10.2 Å². The van der Waals surface area contributed by atoms with Crippen LogP contribution in [0.4, 0.5) is 0 Å². The van der Waals surface area contributed by atoms with Crippen molar-refractivity contribution in [1.82, 2.24) is 19.5 Å². The number of aromatic nitrogens is 4. The maximum atomic E-state index is 9.97. The summed E-state index contributed by atoms with van der Waals surface area (Å²) in [5, 5.41) is 37.7. The fraction of sp³-hybridized carbons (Fsp3) is 0.455. The number of imidazole rings is 1. The number of hydrogen-bond acceptors (Lipinski definition) is 8. The molecule has 20 heavy (non-hydrogen) atoms. The number of ether oxygens (including phenoxy) is 1. The highest BCUT2D eigenvalue weighted by molar-refractivity contribution is 5.75. The summed E-state index contributed by atoms with van der Waals surface area (Å²) in [7, 11) is 0. The molecule has 2 aromatic heterocycles. The van der Waals surface area contributed by atoms with Crippen molar-refractivity contribution in [2.75, 3.05) is 6.61 Å². The molecule has 0 saturated carbocycles. The van der Waals surface area contributed by atoms with E-state index in [1.54, 1.807) is 0 Å². The van der Waals surface area contributed by atoms with Gasteiger partial charge >= 0.3 is 0 Å². The first-order valence-electron chi connectivity index (χ1n) is 5.87. The zero-order valence-electron chi connectivity index (χ0n) is 10.2. The summed E-state index contributed by atoms with van der Waals surface area (Å²) in [4.78, 5) is 11.8. The lowest BCUT2D eigenvalue weighted by Gasteiger charge is -2.16. The average Bonchev–Trinajstić information content (AvgIpc) is 3.01. The number of hydrogen-bond donors (Lipinski definition) is 3. The molecule has 9 nitrogen and oxygen atoms in total. The fourth-order valence-corrected chi connectivity index (χ4v) is 2.23. The summed E-state index contributed by atoms with van der Waals surface area (Å²) in [6.45, 7) is -0.417. The third-order valence-electron chi connectivity index (χ3n) is 3.26. The number of rotatable bonds is 2. The summed E-state index contributed by atoms with van der Waals surface area (Å²) in [5.74, 6) is 0. The molecule has 0 radical (unpaired) electrons. The van der Waals surface area contributed by atoms with Crippen molar-refractivity contribution in [2.45, 2.75) is 24.5 Å². The van der Waals surface area contributed by atoms with Gasteiger partial charge in [0.2, 0.25) is 0 Å². The lowest BCUT2D eigenvalue weighted by molar-refractivity contribution is -0.0511. The minimum atomic E-state index is -1.23. The summed E-state index contributed by atoms with van der Waals surface area (Å²) in [6, 6.07) is 1.89. The van der Waals surface area contributed by atoms with E-state index in [-0.39, 0.29) is 11.2 Å². The molecule has 0 aromatic carbocycles. The second-order valence-electron chi connectivity index (χ2n) is 4.39. The van der Waals surface area contributed by atoms with E-state index < -0.39 is 31.1 Å². The van der Waals surface area contributed by atoms with Crippen molar-refractivity contribution in [1.29, 1.82) is 5.26 Å². The van der Waals surface area contributed by atoms with Crippen LogP contribution in [0.1, 0.15) is 11.9 Å². The van der Waals surface area contributed by atoms with E-state index >= 15 is 0 Å². The van der Waals surface area contributed by atoms with Crippen molar-refractivity contribution in [2.24, 2.45) is 0 Å². The van der Waals surface area contributed by atoms with Crippen LogP contribution in [0.5, 0.6) is 0 Å². The van der Waals surface area contributed by atoms with Gasteiger partial charge in [0.15, 0.2) is 17.6 Å². The molecule has 1 aliphatic rings. The van der Waals surface area contributed by atoms with Crippen LogP contribution in [0, 0.1) is 11.3 Å². The molecule has 1 aliphatic heterocycles. The third-order valence-corrected chi connectivity index (χ3v) is 3.26. The maximum absolute atomic E-state index is 9.97. The summed E-state index contributed by atoms with van der Waals surface area (Å²) >= 11 is 0. The minimum absolute atomic E-state index is 0.112. The van der Waals surface area contributed by atoms with Crippen LogP contribution >= 0.6 is 0 Å². The first kappa shape index (κ1) is 12.9. The molecule has 4 atom stereocenters. The number of aliphatic hydroxyl groups excluding tert-OH is 3. The minimum Gasteiger partial charge on any atom is -0.394 e. The first-order chi connectivity index (χ1) is 9.67. The largest absolute Gasteiger partial charge is 0.394 e. The predicted octanol–water partition coefficient (Wildman–Crippen LogP) is -1.69. The predicted molar refractivity (Wildman–Crippen MR) is 63.0 cm³/mol. The van der Waals surface area contributed by atoms with E-state index in [1.807, 2.05) is 6.07 Å². The Morgan fingerprint density at radius 2 is 2.10 bits per heavy atom. The summed E-state index contributed by atoms with van der Waals surface area (Å²) < 4.78 is 6.79. The quantitative estimate of drug-likeness (QED) is 0.591. The van der Waals surface area contributed by atoms with Crippen LogP contribution in [0.25, 0.3) is 11.2 Å². The van der Waals surface area contributed by atoms with Gasteiger partial charge in [-0.1, -0.05) is 0 Å². The van der Waals surface area contributed by atoms with E-state index in [0.717, 1.165) is 0 Å². The highest BCUT2D eigenvalue weighted by atomic mass is 16.6. The molecule has 9 heteroatoms. The summed E-state index contributed by atoms with van der Waals surface area (Å²) in [6.07, 6.45) is -1.70. The Kier molecular flexibility index (Phi) is 3.07. The van der Waals surface area contributed by atoms with Crippen LogP contribution in [-0.2, 0) is 4.74 Å². The second-order valence-corrected chi connectivity index (χ2v) is 4.39. The van der Waals surface area contributed by atoms with Gasteiger partial charge in [-0.2, -0.15) is 5.26 Å². The second kappa shape index (κ2) is 4.77. The van der Waals surface area contributed by atoms with Crippen molar-refractivity contribution in [3.8, 4) is 6.07 Å². The van der Waals surface area contributed by atoms with Crippen LogP contribution < -0.4 is 0 Å². The Balaban J connectivity index is 2.06. The average molecular weight is 277 g/mol. The van der Waals surface area contributed by atoms with Gasteiger partial charge in [0.1, 0.15) is 36.2 Å². The fourth-order valence-electron chi connectivity index (χ4n) is 2.23. The van der Waals surface area contributed by atoms with Crippen molar-refractivity contribution in [3.63, 3.8) is 0 Å². The molecule has 104 valence electrons. The van der Waals surface area contributed by atoms with Crippen molar-refractivity contribution < 1.29 is 20.1 Å². The number of nitriles is 1. The molecule has 3 rings (SSSR count). The zero-order chi connectivity index (χ0) is 14.3. The normalized spacial score (nSPS) is 29.7. The molecule has 0 unspecified atom stereocenters. The van der Waals surface area contributed by atoms with Gasteiger partial charge in [0.25, 0.3) is 0 Å². The van der Waals surface area contributed by atoms with Crippen molar-refractivity contribution >= 4 is 11.2 Å². The van der Waals surface area contributed by atoms with Crippen LogP contribution in [0.2, 0.25) is 0 Å². The monoisotopic (exact) mass is 277 g/mol. The van der Waals surface area contributed by atoms with E-state index in [4.69, 9.17) is 15.1 Å². The van der Waals surface area contributed by atoms with E-state index in [1.165, 1.54) is 17.2 Å². The SMILES string of the molecule is N#Cc1ncnc2c1ncn2[C@@H]1O[C@H](CO)[C@@H](O)[C@H]1O. The van der Waals surface area contributed by atoms with Gasteiger partial charge in [-0.05, 0) is 0 Å². The van der Waals surface area contributed by atoms with Crippen LogP contribution in [-0.4, -0.2) is 59.8 Å². The molecule has 1 fully saturated rings. The lowest BCUT2D eigenvalue weighted by atomic mass is 10.1. The topological polar surface area (TPSA) is 137 Å². The Morgan fingerprint density at radius 1 is 1.30 bits per heavy atom. The molecule has 3 heterocycles. The smallest absolute Gasteiger partial charge is 0.171 e. The molecule has 3 N–H and O–H groups in total. The number of nitrogens with zero attached hydrogens (tertiary/aromatic N) is 5. The van der Waals surface area contributed by atoms with Gasteiger partial charge in [0, 0.05) is 0 Å². The molecule has 0 bridgehead atoms. The van der Waals surface area contributed by atoms with Crippen LogP contribution in [0.3, 0.4) is 0 Å². The highest BCUT2D eigenvalue weighted by Gasteiger charge is 2.43. The zero-order valence-corrected chi connectivity index (χ0v) is 10.2. The molecule has 0 amide bonds. The van der Waals surface area contributed by atoms with Gasteiger partial charge in [0.05, 0.1) is 12.9 Å². The van der Waals surface area contributed by atoms with Crippen LogP contribution in [0.15, 0.2) is 12.7 Å². The molecule has 0 spiro atoms. The van der Waals surface area contributed by atoms with E-state index in [0.29, 0.717) is 5.65 Å². The lowest BCUT2D eigenvalue weighted by Crippen LogP contribution is -2.33. The highest BCUT2D eigenvalue weighted by Crippen LogP contribution is 2.31.